The van der Waals surface area contributed by atoms with E-state index in [1.54, 1.807) is 16.9 Å². The predicted octanol–water partition coefficient (Wildman–Crippen LogP) is 1.43. The first-order chi connectivity index (χ1) is 13.5. The van der Waals surface area contributed by atoms with Crippen LogP contribution in [-0.4, -0.2) is 61.9 Å². The molecule has 0 aliphatic carbocycles. The Hall–Kier alpha value is -2.19. The first-order valence-electron chi connectivity index (χ1n) is 10.3. The van der Waals surface area contributed by atoms with Gasteiger partial charge in [-0.1, -0.05) is 0 Å². The lowest BCUT2D eigenvalue weighted by Crippen LogP contribution is -2.40. The summed E-state index contributed by atoms with van der Waals surface area (Å²) in [6, 6.07) is 2.12. The van der Waals surface area contributed by atoms with Crippen LogP contribution >= 0.6 is 0 Å². The molecule has 8 nitrogen and oxygen atoms in total. The van der Waals surface area contributed by atoms with Gasteiger partial charge in [0.1, 0.15) is 0 Å². The van der Waals surface area contributed by atoms with Crippen molar-refractivity contribution in [3.05, 3.63) is 40.6 Å². The lowest BCUT2D eigenvalue weighted by molar-refractivity contribution is 0.160. The average molecular weight is 387 g/mol. The number of aliphatic hydroxyl groups is 1. The van der Waals surface area contributed by atoms with Crippen LogP contribution in [0.2, 0.25) is 0 Å². The van der Waals surface area contributed by atoms with Crippen molar-refractivity contribution in [2.75, 3.05) is 31.1 Å². The molecule has 8 heteroatoms. The number of anilines is 1. The average Bonchev–Trinajstić information content (AvgIpc) is 3.31. The number of nitrogens with zero attached hydrogens (tertiary/aromatic N) is 6. The van der Waals surface area contributed by atoms with Crippen molar-refractivity contribution in [1.82, 2.24) is 24.5 Å². The number of rotatable bonds is 5. The van der Waals surface area contributed by atoms with Crippen LogP contribution in [0.25, 0.3) is 0 Å². The van der Waals surface area contributed by atoms with Gasteiger partial charge in [0, 0.05) is 50.0 Å². The number of hydrogen-bond acceptors (Lipinski definition) is 6. The van der Waals surface area contributed by atoms with Crippen LogP contribution in [-0.2, 0) is 6.54 Å². The Morgan fingerprint density at radius 2 is 2.04 bits per heavy atom. The second-order valence-corrected chi connectivity index (χ2v) is 8.34. The van der Waals surface area contributed by atoms with E-state index < -0.39 is 0 Å². The smallest absolute Gasteiger partial charge is 0.269 e. The summed E-state index contributed by atoms with van der Waals surface area (Å²) in [5, 5.41) is 18.6. The first-order valence-corrected chi connectivity index (χ1v) is 10.3. The maximum atomic E-state index is 12.7. The van der Waals surface area contributed by atoms with E-state index in [4.69, 9.17) is 0 Å². The third-order valence-corrected chi connectivity index (χ3v) is 5.76. The summed E-state index contributed by atoms with van der Waals surface area (Å²) >= 11 is 0. The van der Waals surface area contributed by atoms with E-state index in [2.05, 4.69) is 35.1 Å². The molecule has 2 aromatic rings. The Morgan fingerprint density at radius 3 is 2.71 bits per heavy atom. The highest BCUT2D eigenvalue weighted by atomic mass is 16.3. The molecule has 0 aromatic carbocycles. The number of piperidine rings is 1. The molecule has 0 spiro atoms. The molecular formula is C20H30N6O2. The zero-order valence-corrected chi connectivity index (χ0v) is 16.7. The summed E-state index contributed by atoms with van der Waals surface area (Å²) in [5.74, 6) is 0. The van der Waals surface area contributed by atoms with Crippen LogP contribution in [0, 0.1) is 0 Å². The Kier molecular flexibility index (Phi) is 5.50. The fourth-order valence-corrected chi connectivity index (χ4v) is 4.21. The molecule has 1 unspecified atom stereocenters. The van der Waals surface area contributed by atoms with Gasteiger partial charge in [0.25, 0.3) is 5.56 Å². The van der Waals surface area contributed by atoms with Crippen molar-refractivity contribution < 1.29 is 5.11 Å². The van der Waals surface area contributed by atoms with E-state index in [0.717, 1.165) is 51.1 Å². The van der Waals surface area contributed by atoms with Crippen LogP contribution in [0.15, 0.2) is 29.5 Å². The van der Waals surface area contributed by atoms with Crippen LogP contribution in [0.3, 0.4) is 0 Å². The molecule has 1 N–H and O–H groups in total. The van der Waals surface area contributed by atoms with Gasteiger partial charge in [-0.15, -0.1) is 0 Å². The zero-order valence-electron chi connectivity index (χ0n) is 16.7. The molecule has 0 amide bonds. The van der Waals surface area contributed by atoms with E-state index in [1.165, 1.54) is 5.56 Å². The van der Waals surface area contributed by atoms with E-state index >= 15 is 0 Å². The van der Waals surface area contributed by atoms with Crippen molar-refractivity contribution in [2.45, 2.75) is 57.8 Å². The van der Waals surface area contributed by atoms with Crippen molar-refractivity contribution in [2.24, 2.45) is 0 Å². The molecule has 2 fully saturated rings. The SMILES string of the molecule is CC(C)n1cc(CN2CCCC(n3ncc(N4CC[C@H](O)C4)cc3=O)C2)cn1. The largest absolute Gasteiger partial charge is 0.391 e. The monoisotopic (exact) mass is 386 g/mol. The number of aliphatic hydroxyl groups excluding tert-OH is 1. The van der Waals surface area contributed by atoms with E-state index in [-0.39, 0.29) is 17.7 Å². The van der Waals surface area contributed by atoms with E-state index in [0.29, 0.717) is 12.6 Å². The zero-order chi connectivity index (χ0) is 19.7. The summed E-state index contributed by atoms with van der Waals surface area (Å²) in [4.78, 5) is 17.1. The predicted molar refractivity (Wildman–Crippen MR) is 107 cm³/mol. The molecule has 4 rings (SSSR count). The summed E-state index contributed by atoms with van der Waals surface area (Å²) in [6.07, 6.45) is 8.27. The second kappa shape index (κ2) is 8.05. The summed E-state index contributed by atoms with van der Waals surface area (Å²) in [5.41, 5.74) is 1.96. The standard InChI is InChI=1S/C20H30N6O2/c1-15(2)25-12-16(9-21-25)11-23-6-3-4-17(13-23)26-20(28)8-18(10-22-26)24-7-5-19(27)14-24/h8-10,12,15,17,19,27H,3-7,11,13-14H2,1-2H3/t17?,19-/m0/s1. The molecule has 2 atom stereocenters. The van der Waals surface area contributed by atoms with Crippen LogP contribution < -0.4 is 10.5 Å². The first kappa shape index (κ1) is 19.1. The van der Waals surface area contributed by atoms with E-state index in [9.17, 15) is 9.90 Å². The minimum Gasteiger partial charge on any atom is -0.391 e. The Bertz CT molecular complexity index is 860. The molecular weight excluding hydrogens is 356 g/mol. The van der Waals surface area contributed by atoms with Gasteiger partial charge in [-0.05, 0) is 39.7 Å². The normalized spacial score (nSPS) is 23.6. The molecule has 152 valence electrons. The lowest BCUT2D eigenvalue weighted by Gasteiger charge is -2.32. The summed E-state index contributed by atoms with van der Waals surface area (Å²) < 4.78 is 3.62. The number of aromatic nitrogens is 4. The Labute approximate surface area is 165 Å². The molecule has 2 aliphatic heterocycles. The van der Waals surface area contributed by atoms with Crippen molar-refractivity contribution >= 4 is 5.69 Å². The van der Waals surface area contributed by atoms with Crippen LogP contribution in [0.1, 0.15) is 50.8 Å². The summed E-state index contributed by atoms with van der Waals surface area (Å²) in [7, 11) is 0. The molecule has 0 saturated carbocycles. The highest BCUT2D eigenvalue weighted by Crippen LogP contribution is 2.23. The lowest BCUT2D eigenvalue weighted by atomic mass is 10.1. The third kappa shape index (κ3) is 4.12. The topological polar surface area (TPSA) is 79.4 Å². The van der Waals surface area contributed by atoms with Crippen LogP contribution in [0.5, 0.6) is 0 Å². The molecule has 2 saturated heterocycles. The Balaban J connectivity index is 1.43. The highest BCUT2D eigenvalue weighted by molar-refractivity contribution is 5.44. The fourth-order valence-electron chi connectivity index (χ4n) is 4.21. The molecule has 2 aliphatic rings. The molecule has 28 heavy (non-hydrogen) atoms. The summed E-state index contributed by atoms with van der Waals surface area (Å²) in [6.45, 7) is 8.29. The number of likely N-dealkylation sites (tertiary alicyclic amines) is 1. The molecule has 2 aromatic heterocycles. The van der Waals surface area contributed by atoms with Gasteiger partial charge in [0.2, 0.25) is 0 Å². The number of hydrogen-bond donors (Lipinski definition) is 1. The van der Waals surface area contributed by atoms with Gasteiger partial charge >= 0.3 is 0 Å². The van der Waals surface area contributed by atoms with E-state index in [1.807, 2.05) is 15.8 Å². The van der Waals surface area contributed by atoms with Gasteiger partial charge in [-0.3, -0.25) is 14.4 Å². The molecule has 4 heterocycles. The minimum absolute atomic E-state index is 0.0571. The van der Waals surface area contributed by atoms with Crippen molar-refractivity contribution in [3.63, 3.8) is 0 Å². The van der Waals surface area contributed by atoms with Gasteiger partial charge in [0.15, 0.2) is 0 Å². The molecule has 0 radical (unpaired) electrons. The number of β-amino-alcohol motifs (C(OH)–C–C–N with tert-alkyl or cyclic N) is 1. The third-order valence-electron chi connectivity index (χ3n) is 5.76. The van der Waals surface area contributed by atoms with Gasteiger partial charge in [-0.2, -0.15) is 10.2 Å². The van der Waals surface area contributed by atoms with Gasteiger partial charge in [-0.25, -0.2) is 4.68 Å². The second-order valence-electron chi connectivity index (χ2n) is 8.34. The Morgan fingerprint density at radius 1 is 1.18 bits per heavy atom. The fraction of sp³-hybridized carbons (Fsp3) is 0.650. The van der Waals surface area contributed by atoms with Crippen molar-refractivity contribution in [1.29, 1.82) is 0 Å². The molecule has 0 bridgehead atoms. The van der Waals surface area contributed by atoms with Crippen molar-refractivity contribution in [3.8, 4) is 0 Å². The van der Waals surface area contributed by atoms with Gasteiger partial charge < -0.3 is 10.0 Å². The quantitative estimate of drug-likeness (QED) is 0.837. The maximum Gasteiger partial charge on any atom is 0.269 e. The van der Waals surface area contributed by atoms with Gasteiger partial charge in [0.05, 0.1) is 30.2 Å². The highest BCUT2D eigenvalue weighted by Gasteiger charge is 2.25. The maximum absolute atomic E-state index is 12.7. The minimum atomic E-state index is -0.311. The van der Waals surface area contributed by atoms with Crippen LogP contribution in [0.4, 0.5) is 5.69 Å².